The number of benzene rings is 2. The molecule has 146 valence electrons. The van der Waals surface area contributed by atoms with Crippen LogP contribution in [0, 0.1) is 0 Å². The summed E-state index contributed by atoms with van der Waals surface area (Å²) in [4.78, 5) is 18.0. The highest BCUT2D eigenvalue weighted by molar-refractivity contribution is 7.80. The van der Waals surface area contributed by atoms with E-state index in [0.717, 1.165) is 11.3 Å². The summed E-state index contributed by atoms with van der Waals surface area (Å²) in [6.07, 6.45) is 1.64. The molecular formula is C21H23N3O3S. The quantitative estimate of drug-likeness (QED) is 0.577. The van der Waals surface area contributed by atoms with Crippen LogP contribution in [0.5, 0.6) is 5.75 Å². The monoisotopic (exact) mass is 397 g/mol. The Bertz CT molecular complexity index is 914. The first-order chi connectivity index (χ1) is 13.4. The van der Waals surface area contributed by atoms with Crippen LogP contribution in [0.15, 0.2) is 54.2 Å². The van der Waals surface area contributed by atoms with Gasteiger partial charge in [0.25, 0.3) is 5.91 Å². The maximum Gasteiger partial charge on any atom is 0.277 e. The molecule has 0 aliphatic carbocycles. The Balaban J connectivity index is 1.85. The van der Waals surface area contributed by atoms with Crippen molar-refractivity contribution >= 4 is 35.0 Å². The van der Waals surface area contributed by atoms with Gasteiger partial charge in [0.2, 0.25) is 0 Å². The Kier molecular flexibility index (Phi) is 5.96. The van der Waals surface area contributed by atoms with Gasteiger partial charge >= 0.3 is 0 Å². The summed E-state index contributed by atoms with van der Waals surface area (Å²) in [6, 6.07) is 14.9. The van der Waals surface area contributed by atoms with Gasteiger partial charge in [0.1, 0.15) is 11.4 Å². The fourth-order valence-electron chi connectivity index (χ4n) is 3.03. The smallest absolute Gasteiger partial charge is 0.277 e. The molecule has 1 aliphatic rings. The number of nitrogens with zero attached hydrogens (tertiary/aromatic N) is 3. The van der Waals surface area contributed by atoms with Crippen molar-refractivity contribution in [3.63, 3.8) is 0 Å². The zero-order valence-electron chi connectivity index (χ0n) is 15.9. The number of carbonyl (C=O) groups is 1. The number of likely N-dealkylation sites (N-methyl/N-ethyl adjacent to an activating group) is 2. The van der Waals surface area contributed by atoms with Crippen molar-refractivity contribution < 1.29 is 15.0 Å². The average Bonchev–Trinajstić information content (AvgIpc) is 2.88. The number of phenolic OH excluding ortho intramolecular Hbond substituents is 1. The van der Waals surface area contributed by atoms with E-state index in [-0.39, 0.29) is 18.3 Å². The van der Waals surface area contributed by atoms with E-state index in [1.54, 1.807) is 35.1 Å². The SMILES string of the molecule is CN1C(=S)N(Cc2ccccc2)C(=O)C1=Cc1ccc(N(C)CCO)cc1O. The van der Waals surface area contributed by atoms with Crippen molar-refractivity contribution in [1.29, 1.82) is 0 Å². The molecule has 2 N–H and O–H groups in total. The Labute approximate surface area is 169 Å². The van der Waals surface area contributed by atoms with Crippen LogP contribution in [-0.2, 0) is 11.3 Å². The fraction of sp³-hybridized carbons (Fsp3) is 0.238. The molecule has 0 aromatic heterocycles. The molecule has 1 saturated heterocycles. The van der Waals surface area contributed by atoms with Gasteiger partial charge in [-0.05, 0) is 36.0 Å². The lowest BCUT2D eigenvalue weighted by Crippen LogP contribution is -2.30. The predicted molar refractivity (Wildman–Crippen MR) is 114 cm³/mol. The molecule has 0 unspecified atom stereocenters. The van der Waals surface area contributed by atoms with Gasteiger partial charge in [-0.25, -0.2) is 0 Å². The van der Waals surface area contributed by atoms with E-state index in [9.17, 15) is 9.90 Å². The topological polar surface area (TPSA) is 67.2 Å². The van der Waals surface area contributed by atoms with E-state index in [0.29, 0.717) is 29.5 Å². The predicted octanol–water partition coefficient (Wildman–Crippen LogP) is 2.42. The lowest BCUT2D eigenvalue weighted by atomic mass is 10.1. The Morgan fingerprint density at radius 2 is 1.89 bits per heavy atom. The lowest BCUT2D eigenvalue weighted by Gasteiger charge is -2.18. The highest BCUT2D eigenvalue weighted by Crippen LogP contribution is 2.29. The molecule has 28 heavy (non-hydrogen) atoms. The molecule has 2 aromatic carbocycles. The molecule has 1 heterocycles. The van der Waals surface area contributed by atoms with Crippen molar-refractivity contribution in [2.75, 3.05) is 32.1 Å². The van der Waals surface area contributed by atoms with Gasteiger partial charge < -0.3 is 20.0 Å². The molecule has 0 atom stereocenters. The third-order valence-electron chi connectivity index (χ3n) is 4.71. The minimum atomic E-state index is -0.197. The first kappa shape index (κ1) is 19.9. The maximum atomic E-state index is 12.9. The largest absolute Gasteiger partial charge is 0.507 e. The molecule has 3 rings (SSSR count). The summed E-state index contributed by atoms with van der Waals surface area (Å²) in [5, 5.41) is 19.9. The number of phenols is 1. The standard InChI is InChI=1S/C21H23N3O3S/c1-22(10-11-25)17-9-8-16(19(26)13-17)12-18-20(27)24(21(28)23(18)2)14-15-6-4-3-5-7-15/h3-9,12-13,25-26H,10-11,14H2,1-2H3. The third kappa shape index (κ3) is 4.00. The molecule has 0 bridgehead atoms. The Morgan fingerprint density at radius 1 is 1.18 bits per heavy atom. The lowest BCUT2D eigenvalue weighted by molar-refractivity contribution is -0.122. The van der Waals surface area contributed by atoms with Crippen LogP contribution >= 0.6 is 12.2 Å². The van der Waals surface area contributed by atoms with Crippen LogP contribution in [0.4, 0.5) is 5.69 Å². The molecular weight excluding hydrogens is 374 g/mol. The van der Waals surface area contributed by atoms with Gasteiger partial charge in [0.05, 0.1) is 13.2 Å². The first-order valence-electron chi connectivity index (χ1n) is 8.92. The molecule has 0 spiro atoms. The maximum absolute atomic E-state index is 12.9. The van der Waals surface area contributed by atoms with Gasteiger partial charge in [-0.1, -0.05) is 30.3 Å². The van der Waals surface area contributed by atoms with E-state index in [2.05, 4.69) is 0 Å². The number of thiocarbonyl (C=S) groups is 1. The minimum absolute atomic E-state index is 0.0249. The second-order valence-electron chi connectivity index (χ2n) is 6.64. The second-order valence-corrected chi connectivity index (χ2v) is 7.00. The normalized spacial score (nSPS) is 15.6. The number of hydrogen-bond donors (Lipinski definition) is 2. The molecule has 2 aromatic rings. The Morgan fingerprint density at radius 3 is 2.54 bits per heavy atom. The summed E-state index contributed by atoms with van der Waals surface area (Å²) in [6.45, 7) is 0.887. The van der Waals surface area contributed by atoms with Crippen molar-refractivity contribution in [2.45, 2.75) is 6.54 Å². The number of aliphatic hydroxyl groups excluding tert-OH is 1. The summed E-state index contributed by atoms with van der Waals surface area (Å²) in [5.74, 6) is -0.138. The molecule has 0 saturated carbocycles. The molecule has 6 nitrogen and oxygen atoms in total. The molecule has 1 fully saturated rings. The summed E-state index contributed by atoms with van der Waals surface area (Å²) < 4.78 is 0. The van der Waals surface area contributed by atoms with Crippen LogP contribution in [0.1, 0.15) is 11.1 Å². The van der Waals surface area contributed by atoms with Crippen molar-refractivity contribution in [3.05, 3.63) is 65.4 Å². The number of aliphatic hydroxyl groups is 1. The van der Waals surface area contributed by atoms with Crippen LogP contribution in [0.25, 0.3) is 6.08 Å². The number of carbonyl (C=O) groups excluding carboxylic acids is 1. The summed E-state index contributed by atoms with van der Waals surface area (Å²) >= 11 is 5.45. The van der Waals surface area contributed by atoms with Gasteiger partial charge in [-0.2, -0.15) is 0 Å². The average molecular weight is 398 g/mol. The van der Waals surface area contributed by atoms with Crippen molar-refractivity contribution in [2.24, 2.45) is 0 Å². The van der Waals surface area contributed by atoms with Crippen LogP contribution in [0.2, 0.25) is 0 Å². The first-order valence-corrected chi connectivity index (χ1v) is 9.33. The van der Waals surface area contributed by atoms with Gasteiger partial charge in [0.15, 0.2) is 5.11 Å². The van der Waals surface area contributed by atoms with E-state index >= 15 is 0 Å². The van der Waals surface area contributed by atoms with Gasteiger partial charge in [-0.3, -0.25) is 9.69 Å². The van der Waals surface area contributed by atoms with Crippen LogP contribution < -0.4 is 4.90 Å². The highest BCUT2D eigenvalue weighted by atomic mass is 32.1. The summed E-state index contributed by atoms with van der Waals surface area (Å²) in [5.41, 5.74) is 2.71. The zero-order chi connectivity index (χ0) is 20.3. The number of amides is 1. The number of hydrogen-bond acceptors (Lipinski definition) is 5. The second kappa shape index (κ2) is 8.41. The third-order valence-corrected chi connectivity index (χ3v) is 5.20. The van der Waals surface area contributed by atoms with E-state index < -0.39 is 0 Å². The van der Waals surface area contributed by atoms with E-state index in [1.165, 1.54) is 0 Å². The van der Waals surface area contributed by atoms with Crippen LogP contribution in [0.3, 0.4) is 0 Å². The molecule has 1 amide bonds. The van der Waals surface area contributed by atoms with Crippen molar-refractivity contribution in [1.82, 2.24) is 9.80 Å². The van der Waals surface area contributed by atoms with Crippen molar-refractivity contribution in [3.8, 4) is 5.75 Å². The van der Waals surface area contributed by atoms with Crippen LogP contribution in [-0.4, -0.2) is 58.3 Å². The molecule has 7 heteroatoms. The molecule has 0 radical (unpaired) electrons. The minimum Gasteiger partial charge on any atom is -0.507 e. The summed E-state index contributed by atoms with van der Waals surface area (Å²) in [7, 11) is 3.58. The zero-order valence-corrected chi connectivity index (χ0v) is 16.7. The Hall–Kier alpha value is -2.90. The van der Waals surface area contributed by atoms with Gasteiger partial charge in [0, 0.05) is 38.0 Å². The molecule has 1 aliphatic heterocycles. The van der Waals surface area contributed by atoms with E-state index in [4.69, 9.17) is 17.3 Å². The highest BCUT2D eigenvalue weighted by Gasteiger charge is 2.35. The number of rotatable bonds is 6. The number of anilines is 1. The van der Waals surface area contributed by atoms with Gasteiger partial charge in [-0.15, -0.1) is 0 Å². The van der Waals surface area contributed by atoms with E-state index in [1.807, 2.05) is 48.3 Å². The fourth-order valence-corrected chi connectivity index (χ4v) is 3.28. The number of aromatic hydroxyl groups is 1.